The van der Waals surface area contributed by atoms with E-state index in [2.05, 4.69) is 26.6 Å². The Balaban J connectivity index is 2.04. The van der Waals surface area contributed by atoms with Gasteiger partial charge in [-0.25, -0.2) is 4.39 Å². The van der Waals surface area contributed by atoms with Gasteiger partial charge in [0.15, 0.2) is 0 Å². The highest BCUT2D eigenvalue weighted by molar-refractivity contribution is 9.10. The Morgan fingerprint density at radius 2 is 2.29 bits per heavy atom. The first-order chi connectivity index (χ1) is 8.06. The van der Waals surface area contributed by atoms with Crippen molar-refractivity contribution in [2.75, 3.05) is 18.4 Å². The van der Waals surface area contributed by atoms with Crippen LogP contribution < -0.4 is 10.6 Å². The van der Waals surface area contributed by atoms with Crippen LogP contribution in [0.15, 0.2) is 16.6 Å². The molecular weight excluding hydrogens is 310 g/mol. The molecule has 1 aromatic carbocycles. The molecule has 0 unspecified atom stereocenters. The highest BCUT2D eigenvalue weighted by atomic mass is 79.9. The summed E-state index contributed by atoms with van der Waals surface area (Å²) in [5.74, 6) is -0.165. The van der Waals surface area contributed by atoms with Crippen molar-refractivity contribution in [3.8, 4) is 0 Å². The first-order valence-corrected chi connectivity index (χ1v) is 6.38. The molecule has 2 N–H and O–H groups in total. The van der Waals surface area contributed by atoms with Crippen LogP contribution >= 0.6 is 27.5 Å². The maximum absolute atomic E-state index is 13.0. The number of rotatable bonds is 3. The predicted molar refractivity (Wildman–Crippen MR) is 68.7 cm³/mol. The second-order valence-electron chi connectivity index (χ2n) is 4.02. The molecule has 0 saturated carbocycles. The fourth-order valence-electron chi connectivity index (χ4n) is 1.61. The van der Waals surface area contributed by atoms with Crippen molar-refractivity contribution in [1.29, 1.82) is 0 Å². The van der Waals surface area contributed by atoms with Gasteiger partial charge in [-0.05, 0) is 47.1 Å². The maximum Gasteiger partial charge on any atom is 0.224 e. The van der Waals surface area contributed by atoms with E-state index in [1.54, 1.807) is 0 Å². The number of carbonyl (C=O) groups is 1. The van der Waals surface area contributed by atoms with E-state index in [0.717, 1.165) is 13.1 Å². The zero-order valence-corrected chi connectivity index (χ0v) is 11.2. The molecule has 0 spiro atoms. The van der Waals surface area contributed by atoms with Gasteiger partial charge < -0.3 is 10.6 Å². The van der Waals surface area contributed by atoms with Gasteiger partial charge in [0.2, 0.25) is 5.91 Å². The second kappa shape index (κ2) is 5.33. The van der Waals surface area contributed by atoms with Gasteiger partial charge in [-0.1, -0.05) is 11.6 Å². The highest BCUT2D eigenvalue weighted by Gasteiger charge is 2.21. The van der Waals surface area contributed by atoms with Gasteiger partial charge >= 0.3 is 0 Å². The Morgan fingerprint density at radius 3 is 2.82 bits per heavy atom. The summed E-state index contributed by atoms with van der Waals surface area (Å²) in [5, 5.41) is 5.98. The first-order valence-electron chi connectivity index (χ1n) is 5.21. The summed E-state index contributed by atoms with van der Waals surface area (Å²) >= 11 is 9.04. The van der Waals surface area contributed by atoms with Gasteiger partial charge in [0.25, 0.3) is 0 Å². The maximum atomic E-state index is 13.0. The Morgan fingerprint density at radius 1 is 1.59 bits per heavy atom. The molecule has 1 aromatic rings. The number of hydrogen-bond acceptors (Lipinski definition) is 2. The zero-order chi connectivity index (χ0) is 12.4. The van der Waals surface area contributed by atoms with Crippen molar-refractivity contribution >= 4 is 39.1 Å². The molecule has 6 heteroatoms. The first kappa shape index (κ1) is 12.8. The average Bonchev–Trinajstić information content (AvgIpc) is 2.17. The van der Waals surface area contributed by atoms with Crippen molar-refractivity contribution in [2.24, 2.45) is 5.92 Å². The molecule has 17 heavy (non-hydrogen) atoms. The van der Waals surface area contributed by atoms with Crippen molar-refractivity contribution < 1.29 is 9.18 Å². The number of halogens is 3. The molecule has 1 aliphatic rings. The van der Waals surface area contributed by atoms with Crippen LogP contribution in [-0.2, 0) is 4.79 Å². The lowest BCUT2D eigenvalue weighted by Crippen LogP contribution is -2.43. The van der Waals surface area contributed by atoms with Crippen molar-refractivity contribution in [3.63, 3.8) is 0 Å². The summed E-state index contributed by atoms with van der Waals surface area (Å²) in [6, 6.07) is 2.44. The molecule has 1 amide bonds. The molecule has 0 aliphatic carbocycles. The van der Waals surface area contributed by atoms with E-state index < -0.39 is 5.82 Å². The molecule has 1 fully saturated rings. The Bertz CT molecular complexity index is 428. The van der Waals surface area contributed by atoms with E-state index in [1.807, 2.05) is 0 Å². The van der Waals surface area contributed by atoms with E-state index in [1.165, 1.54) is 12.1 Å². The summed E-state index contributed by atoms with van der Waals surface area (Å²) in [6.45, 7) is 1.73. The van der Waals surface area contributed by atoms with Gasteiger partial charge in [0, 0.05) is 10.9 Å². The largest absolute Gasteiger partial charge is 0.324 e. The Kier molecular flexibility index (Phi) is 4.01. The van der Waals surface area contributed by atoms with E-state index in [9.17, 15) is 9.18 Å². The van der Waals surface area contributed by atoms with Crippen LogP contribution in [0.5, 0.6) is 0 Å². The minimum Gasteiger partial charge on any atom is -0.324 e. The predicted octanol–water partition coefficient (Wildman–Crippen LogP) is 2.79. The molecule has 0 bridgehead atoms. The molecule has 92 valence electrons. The lowest BCUT2D eigenvalue weighted by Gasteiger charge is -2.26. The van der Waals surface area contributed by atoms with Gasteiger partial charge in [-0.3, -0.25) is 4.79 Å². The lowest BCUT2D eigenvalue weighted by molar-refractivity contribution is -0.117. The quantitative estimate of drug-likeness (QED) is 0.899. The van der Waals surface area contributed by atoms with Gasteiger partial charge in [-0.2, -0.15) is 0 Å². The number of amides is 1. The number of hydrogen-bond donors (Lipinski definition) is 2. The monoisotopic (exact) mass is 320 g/mol. The van der Waals surface area contributed by atoms with Crippen LogP contribution in [0.1, 0.15) is 6.42 Å². The standard InChI is InChI=1S/C11H11BrClFN2O/c12-8-2-7(14)3-9(13)11(8)16-10(17)1-6-4-15-5-6/h2-3,6,15H,1,4-5H2,(H,16,17). The third-order valence-corrected chi connectivity index (χ3v) is 3.53. The molecule has 1 heterocycles. The van der Waals surface area contributed by atoms with E-state index in [0.29, 0.717) is 22.5 Å². The van der Waals surface area contributed by atoms with Crippen LogP contribution in [0.4, 0.5) is 10.1 Å². The topological polar surface area (TPSA) is 41.1 Å². The van der Waals surface area contributed by atoms with E-state index in [-0.39, 0.29) is 10.9 Å². The summed E-state index contributed by atoms with van der Waals surface area (Å²) in [5.41, 5.74) is 0.422. The Labute approximate surface area is 112 Å². The van der Waals surface area contributed by atoms with Crippen LogP contribution in [-0.4, -0.2) is 19.0 Å². The minimum absolute atomic E-state index is 0.106. The lowest BCUT2D eigenvalue weighted by atomic mass is 9.99. The number of nitrogens with one attached hydrogen (secondary N) is 2. The SMILES string of the molecule is O=C(CC1CNC1)Nc1c(Cl)cc(F)cc1Br. The average molecular weight is 322 g/mol. The molecule has 0 radical (unpaired) electrons. The van der Waals surface area contributed by atoms with Gasteiger partial charge in [0.1, 0.15) is 5.82 Å². The zero-order valence-electron chi connectivity index (χ0n) is 8.90. The van der Waals surface area contributed by atoms with Gasteiger partial charge in [-0.15, -0.1) is 0 Å². The molecule has 1 saturated heterocycles. The second-order valence-corrected chi connectivity index (χ2v) is 5.28. The van der Waals surface area contributed by atoms with Crippen LogP contribution in [0, 0.1) is 11.7 Å². The summed E-state index contributed by atoms with van der Waals surface area (Å²) in [4.78, 5) is 11.7. The van der Waals surface area contributed by atoms with Crippen molar-refractivity contribution in [2.45, 2.75) is 6.42 Å². The molecule has 0 aromatic heterocycles. The smallest absolute Gasteiger partial charge is 0.224 e. The molecule has 3 nitrogen and oxygen atoms in total. The number of anilines is 1. The fraction of sp³-hybridized carbons (Fsp3) is 0.364. The summed E-state index contributed by atoms with van der Waals surface area (Å²) in [7, 11) is 0. The number of benzene rings is 1. The number of carbonyl (C=O) groups excluding carboxylic acids is 1. The summed E-state index contributed by atoms with van der Waals surface area (Å²) < 4.78 is 13.4. The van der Waals surface area contributed by atoms with E-state index in [4.69, 9.17) is 11.6 Å². The molecule has 1 aliphatic heterocycles. The van der Waals surface area contributed by atoms with Crippen LogP contribution in [0.3, 0.4) is 0 Å². The summed E-state index contributed by atoms with van der Waals surface area (Å²) in [6.07, 6.45) is 0.452. The molecular formula is C11H11BrClFN2O. The third kappa shape index (κ3) is 3.18. The fourth-order valence-corrected chi connectivity index (χ4v) is 2.51. The molecule has 0 atom stereocenters. The third-order valence-electron chi connectivity index (χ3n) is 2.61. The highest BCUT2D eigenvalue weighted by Crippen LogP contribution is 2.31. The van der Waals surface area contributed by atoms with Crippen molar-refractivity contribution in [3.05, 3.63) is 27.4 Å². The molecule has 2 rings (SSSR count). The van der Waals surface area contributed by atoms with E-state index >= 15 is 0 Å². The van der Waals surface area contributed by atoms with Gasteiger partial charge in [0.05, 0.1) is 10.7 Å². The van der Waals surface area contributed by atoms with Crippen LogP contribution in [0.25, 0.3) is 0 Å². The van der Waals surface area contributed by atoms with Crippen molar-refractivity contribution in [1.82, 2.24) is 5.32 Å². The van der Waals surface area contributed by atoms with Crippen LogP contribution in [0.2, 0.25) is 5.02 Å². The Hall–Kier alpha value is -0.650. The minimum atomic E-state index is -0.442. The normalized spacial score (nSPS) is 15.5.